The average Bonchev–Trinajstić information content (AvgIpc) is 3.47. The maximum Gasteiger partial charge on any atom is 0.233 e. The van der Waals surface area contributed by atoms with Gasteiger partial charge in [0.2, 0.25) is 11.7 Å². The summed E-state index contributed by atoms with van der Waals surface area (Å²) < 4.78 is 7.92. The fourth-order valence-corrected chi connectivity index (χ4v) is 4.88. The van der Waals surface area contributed by atoms with E-state index in [1.54, 1.807) is 6.08 Å². The molecule has 1 saturated heterocycles. The number of allylic oxidation sites excluding steroid dienone is 1. The van der Waals surface area contributed by atoms with E-state index in [1.165, 1.54) is 17.4 Å². The number of aromatic nitrogens is 3. The first-order chi connectivity index (χ1) is 16.2. The highest BCUT2D eigenvalue weighted by molar-refractivity contribution is 7.99. The van der Waals surface area contributed by atoms with E-state index in [9.17, 15) is 4.79 Å². The number of benzene rings is 2. The predicted octanol–water partition coefficient (Wildman–Crippen LogP) is 4.32. The van der Waals surface area contributed by atoms with Crippen LogP contribution in [0.25, 0.3) is 22.6 Å². The van der Waals surface area contributed by atoms with E-state index in [2.05, 4.69) is 33.8 Å². The van der Waals surface area contributed by atoms with Crippen molar-refractivity contribution >= 4 is 34.3 Å². The highest BCUT2D eigenvalue weighted by Gasteiger charge is 2.23. The van der Waals surface area contributed by atoms with Gasteiger partial charge in [-0.1, -0.05) is 54.2 Å². The van der Waals surface area contributed by atoms with E-state index < -0.39 is 0 Å². The molecule has 2 aromatic carbocycles. The lowest BCUT2D eigenvalue weighted by molar-refractivity contribution is -0.128. The predicted molar refractivity (Wildman–Crippen MR) is 131 cm³/mol. The fourth-order valence-electron chi connectivity index (χ4n) is 4.03. The molecule has 0 bridgehead atoms. The van der Waals surface area contributed by atoms with Crippen LogP contribution in [0.1, 0.15) is 0 Å². The Balaban J connectivity index is 1.24. The number of rotatable bonds is 7. The van der Waals surface area contributed by atoms with E-state index >= 15 is 0 Å². The van der Waals surface area contributed by atoms with Crippen LogP contribution in [0, 0.1) is 0 Å². The molecule has 5 rings (SSSR count). The zero-order chi connectivity index (χ0) is 22.6. The van der Waals surface area contributed by atoms with Crippen molar-refractivity contribution < 1.29 is 9.21 Å². The number of carbonyl (C=O) groups excluding carboxylic acids is 1. The third kappa shape index (κ3) is 4.52. The highest BCUT2D eigenvalue weighted by Crippen LogP contribution is 2.29. The molecule has 1 aliphatic rings. The Morgan fingerprint density at radius 1 is 1.03 bits per heavy atom. The van der Waals surface area contributed by atoms with E-state index in [-0.39, 0.29) is 5.91 Å². The minimum absolute atomic E-state index is 0.117. The SMILES string of the molecule is C=CCn1c(SCC(=O)N2CCN(c3ccccc3)CC2)nnc1-c1cc2ccccc2o1. The summed E-state index contributed by atoms with van der Waals surface area (Å²) >= 11 is 1.40. The molecule has 0 radical (unpaired) electrons. The molecule has 0 N–H and O–H groups in total. The van der Waals surface area contributed by atoms with E-state index in [0.29, 0.717) is 29.0 Å². The second kappa shape index (κ2) is 9.54. The van der Waals surface area contributed by atoms with Crippen molar-refractivity contribution in [2.24, 2.45) is 0 Å². The molecule has 0 saturated carbocycles. The molecule has 0 aliphatic carbocycles. The van der Waals surface area contributed by atoms with Crippen molar-refractivity contribution in [1.82, 2.24) is 19.7 Å². The van der Waals surface area contributed by atoms with Gasteiger partial charge < -0.3 is 14.2 Å². The number of piperazine rings is 1. The first-order valence-corrected chi connectivity index (χ1v) is 11.9. The Bertz CT molecular complexity index is 1230. The van der Waals surface area contributed by atoms with Crippen molar-refractivity contribution in [3.63, 3.8) is 0 Å². The Kier molecular flexibility index (Phi) is 6.17. The van der Waals surface area contributed by atoms with Gasteiger partial charge in [-0.2, -0.15) is 0 Å². The van der Waals surface area contributed by atoms with Crippen LogP contribution >= 0.6 is 11.8 Å². The van der Waals surface area contributed by atoms with Crippen molar-refractivity contribution in [2.75, 3.05) is 36.8 Å². The molecule has 168 valence electrons. The summed E-state index contributed by atoms with van der Waals surface area (Å²) in [6, 6.07) is 20.1. The number of fused-ring (bicyclic) bond motifs is 1. The summed E-state index contributed by atoms with van der Waals surface area (Å²) in [6.45, 7) is 7.51. The lowest BCUT2D eigenvalue weighted by atomic mass is 10.2. The van der Waals surface area contributed by atoms with Crippen LogP contribution in [0.5, 0.6) is 0 Å². The summed E-state index contributed by atoms with van der Waals surface area (Å²) in [5, 5.41) is 10.4. The van der Waals surface area contributed by atoms with Gasteiger partial charge in [0.05, 0.1) is 5.75 Å². The minimum atomic E-state index is 0.117. The smallest absolute Gasteiger partial charge is 0.233 e. The number of thioether (sulfide) groups is 1. The Morgan fingerprint density at radius 2 is 1.79 bits per heavy atom. The standard InChI is InChI=1S/C25H25N5O2S/c1-2-12-30-24(22-17-19-8-6-7-11-21(19)32-22)26-27-25(30)33-18-23(31)29-15-13-28(14-16-29)20-9-4-3-5-10-20/h2-11,17H,1,12-16,18H2. The molecule has 2 aromatic heterocycles. The van der Waals surface area contributed by atoms with Gasteiger partial charge >= 0.3 is 0 Å². The van der Waals surface area contributed by atoms with Crippen molar-refractivity contribution in [3.05, 3.63) is 73.3 Å². The van der Waals surface area contributed by atoms with Crippen LogP contribution in [-0.4, -0.2) is 57.5 Å². The van der Waals surface area contributed by atoms with Gasteiger partial charge in [0.25, 0.3) is 0 Å². The molecule has 4 aromatic rings. The summed E-state index contributed by atoms with van der Waals surface area (Å²) in [4.78, 5) is 17.1. The number of furan rings is 1. The molecule has 0 unspecified atom stereocenters. The first-order valence-electron chi connectivity index (χ1n) is 11.0. The Labute approximate surface area is 196 Å². The second-order valence-electron chi connectivity index (χ2n) is 7.85. The molecule has 0 spiro atoms. The lowest BCUT2D eigenvalue weighted by Crippen LogP contribution is -2.49. The molecule has 1 aliphatic heterocycles. The van der Waals surface area contributed by atoms with Gasteiger partial charge in [-0.3, -0.25) is 9.36 Å². The molecule has 8 heteroatoms. The highest BCUT2D eigenvalue weighted by atomic mass is 32.2. The zero-order valence-corrected chi connectivity index (χ0v) is 19.1. The molecule has 7 nitrogen and oxygen atoms in total. The normalized spacial score (nSPS) is 14.1. The van der Waals surface area contributed by atoms with Gasteiger partial charge in [-0.15, -0.1) is 16.8 Å². The fraction of sp³-hybridized carbons (Fsp3) is 0.240. The second-order valence-corrected chi connectivity index (χ2v) is 8.79. The maximum atomic E-state index is 12.9. The van der Waals surface area contributed by atoms with Crippen LogP contribution < -0.4 is 4.90 Å². The number of amides is 1. The summed E-state index contributed by atoms with van der Waals surface area (Å²) in [7, 11) is 0. The third-order valence-corrected chi connectivity index (χ3v) is 6.70. The molecule has 1 amide bonds. The first kappa shape index (κ1) is 21.3. The topological polar surface area (TPSA) is 67.4 Å². The maximum absolute atomic E-state index is 12.9. The Hall–Kier alpha value is -3.52. The molecule has 0 atom stereocenters. The van der Waals surface area contributed by atoms with Gasteiger partial charge in [-0.05, 0) is 24.3 Å². The number of hydrogen-bond acceptors (Lipinski definition) is 6. The van der Waals surface area contributed by atoms with Gasteiger partial charge in [0, 0.05) is 43.8 Å². The summed E-state index contributed by atoms with van der Waals surface area (Å²) in [6.07, 6.45) is 1.80. The quantitative estimate of drug-likeness (QED) is 0.303. The number of para-hydroxylation sites is 2. The van der Waals surface area contributed by atoms with Crippen LogP contribution in [0.4, 0.5) is 5.69 Å². The minimum Gasteiger partial charge on any atom is -0.453 e. The number of anilines is 1. The molecule has 1 fully saturated rings. The third-order valence-electron chi connectivity index (χ3n) is 5.75. The van der Waals surface area contributed by atoms with Gasteiger partial charge in [-0.25, -0.2) is 0 Å². The van der Waals surface area contributed by atoms with Crippen LogP contribution in [0.2, 0.25) is 0 Å². The zero-order valence-electron chi connectivity index (χ0n) is 18.3. The van der Waals surface area contributed by atoms with Gasteiger partial charge in [0.15, 0.2) is 10.9 Å². The average molecular weight is 460 g/mol. The van der Waals surface area contributed by atoms with Crippen molar-refractivity contribution in [3.8, 4) is 11.6 Å². The Morgan fingerprint density at radius 3 is 2.55 bits per heavy atom. The summed E-state index contributed by atoms with van der Waals surface area (Å²) in [5.41, 5.74) is 2.01. The summed E-state index contributed by atoms with van der Waals surface area (Å²) in [5.74, 6) is 1.73. The van der Waals surface area contributed by atoms with E-state index in [1.807, 2.05) is 58.0 Å². The lowest BCUT2D eigenvalue weighted by Gasteiger charge is -2.36. The van der Waals surface area contributed by atoms with E-state index in [0.717, 1.165) is 37.1 Å². The molecule has 33 heavy (non-hydrogen) atoms. The van der Waals surface area contributed by atoms with Crippen molar-refractivity contribution in [1.29, 1.82) is 0 Å². The van der Waals surface area contributed by atoms with Crippen LogP contribution in [0.3, 0.4) is 0 Å². The monoisotopic (exact) mass is 459 g/mol. The number of carbonyl (C=O) groups is 1. The number of nitrogens with zero attached hydrogens (tertiary/aromatic N) is 5. The van der Waals surface area contributed by atoms with Crippen molar-refractivity contribution in [2.45, 2.75) is 11.7 Å². The molecule has 3 heterocycles. The van der Waals surface area contributed by atoms with E-state index in [4.69, 9.17) is 4.42 Å². The largest absolute Gasteiger partial charge is 0.453 e. The molecular weight excluding hydrogens is 434 g/mol. The van der Waals surface area contributed by atoms with Crippen LogP contribution in [-0.2, 0) is 11.3 Å². The van der Waals surface area contributed by atoms with Crippen LogP contribution in [0.15, 0.2) is 82.9 Å². The molecular formula is C25H25N5O2S. The number of hydrogen-bond donors (Lipinski definition) is 0. The van der Waals surface area contributed by atoms with Gasteiger partial charge in [0.1, 0.15) is 5.58 Å².